The highest BCUT2D eigenvalue weighted by Crippen LogP contribution is 1.97. The number of aliphatic hydroxyl groups excluding tert-OH is 1. The van der Waals surface area contributed by atoms with Crippen LogP contribution in [0.15, 0.2) is 29.7 Å². The second kappa shape index (κ2) is 8.44. The molecule has 1 aromatic rings. The zero-order valence-electron chi connectivity index (χ0n) is 11.5. The lowest BCUT2D eigenvalue weighted by atomic mass is 10.3. The maximum Gasteiger partial charge on any atom is 0.171 e. The minimum atomic E-state index is -0.578. The molecule has 0 spiro atoms. The maximum absolute atomic E-state index is 9.78. The highest BCUT2D eigenvalue weighted by Gasteiger charge is 2.09. The van der Waals surface area contributed by atoms with Crippen LogP contribution in [-0.4, -0.2) is 53.2 Å². The van der Waals surface area contributed by atoms with Gasteiger partial charge in [-0.1, -0.05) is 19.0 Å². The summed E-state index contributed by atoms with van der Waals surface area (Å²) in [6.45, 7) is 6.58. The fraction of sp³-hybridized carbons (Fsp3) is 0.538. The van der Waals surface area contributed by atoms with Crippen molar-refractivity contribution in [2.45, 2.75) is 20.0 Å². The number of oxime groups is 1. The summed E-state index contributed by atoms with van der Waals surface area (Å²) >= 11 is 0. The van der Waals surface area contributed by atoms with Gasteiger partial charge in [-0.15, -0.1) is 0 Å². The van der Waals surface area contributed by atoms with Crippen molar-refractivity contribution in [3.63, 3.8) is 0 Å². The van der Waals surface area contributed by atoms with Crippen LogP contribution in [0, 0.1) is 0 Å². The van der Waals surface area contributed by atoms with E-state index < -0.39 is 6.10 Å². The Morgan fingerprint density at radius 1 is 1.53 bits per heavy atom. The van der Waals surface area contributed by atoms with Crippen LogP contribution in [0.3, 0.4) is 0 Å². The van der Waals surface area contributed by atoms with E-state index in [1.54, 1.807) is 24.5 Å². The maximum atomic E-state index is 9.78. The fourth-order valence-corrected chi connectivity index (χ4v) is 1.59. The number of amidine groups is 1. The monoisotopic (exact) mass is 266 g/mol. The number of pyridine rings is 1. The third-order valence-electron chi connectivity index (χ3n) is 2.75. The molecule has 0 radical (unpaired) electrons. The molecule has 0 aromatic carbocycles. The molecule has 106 valence electrons. The SMILES string of the molecule is CCN(CC)CC(O)CON=C(N)c1cccnc1. The Morgan fingerprint density at radius 2 is 2.26 bits per heavy atom. The Kier molecular flexibility index (Phi) is 6.84. The summed E-state index contributed by atoms with van der Waals surface area (Å²) in [4.78, 5) is 11.1. The normalized spacial score (nSPS) is 13.6. The van der Waals surface area contributed by atoms with E-state index in [0.717, 1.165) is 13.1 Å². The highest BCUT2D eigenvalue weighted by atomic mass is 16.6. The summed E-state index contributed by atoms with van der Waals surface area (Å²) in [5.74, 6) is 0.253. The molecule has 6 nitrogen and oxygen atoms in total. The molecule has 1 heterocycles. The number of nitrogens with two attached hydrogens (primary N) is 1. The van der Waals surface area contributed by atoms with E-state index in [0.29, 0.717) is 12.1 Å². The molecule has 1 atom stereocenters. The molecule has 1 rings (SSSR count). The van der Waals surface area contributed by atoms with E-state index in [4.69, 9.17) is 10.6 Å². The largest absolute Gasteiger partial charge is 0.391 e. The highest BCUT2D eigenvalue weighted by molar-refractivity contribution is 5.96. The molecular weight excluding hydrogens is 244 g/mol. The lowest BCUT2D eigenvalue weighted by Gasteiger charge is -2.20. The molecule has 0 fully saturated rings. The van der Waals surface area contributed by atoms with Gasteiger partial charge >= 0.3 is 0 Å². The van der Waals surface area contributed by atoms with Gasteiger partial charge in [-0.25, -0.2) is 0 Å². The molecule has 1 unspecified atom stereocenters. The lowest BCUT2D eigenvalue weighted by molar-refractivity contribution is 0.0207. The van der Waals surface area contributed by atoms with Gasteiger partial charge in [-0.3, -0.25) is 4.98 Å². The van der Waals surface area contributed by atoms with Crippen molar-refractivity contribution in [3.8, 4) is 0 Å². The van der Waals surface area contributed by atoms with E-state index in [9.17, 15) is 5.11 Å². The Bertz CT molecular complexity index is 379. The van der Waals surface area contributed by atoms with Gasteiger partial charge in [0.2, 0.25) is 0 Å². The van der Waals surface area contributed by atoms with Gasteiger partial charge in [0, 0.05) is 24.5 Å². The summed E-state index contributed by atoms with van der Waals surface area (Å²) in [5, 5.41) is 13.5. The van der Waals surface area contributed by atoms with Crippen molar-refractivity contribution in [1.82, 2.24) is 9.88 Å². The minimum absolute atomic E-state index is 0.122. The van der Waals surface area contributed by atoms with Gasteiger partial charge in [-0.05, 0) is 25.2 Å². The van der Waals surface area contributed by atoms with Crippen molar-refractivity contribution >= 4 is 5.84 Å². The lowest BCUT2D eigenvalue weighted by Crippen LogP contribution is -2.34. The first-order chi connectivity index (χ1) is 9.17. The molecule has 0 aliphatic rings. The van der Waals surface area contributed by atoms with Gasteiger partial charge in [0.05, 0.1) is 0 Å². The second-order valence-corrected chi connectivity index (χ2v) is 4.15. The van der Waals surface area contributed by atoms with E-state index in [1.165, 1.54) is 0 Å². The van der Waals surface area contributed by atoms with Gasteiger partial charge in [0.1, 0.15) is 12.7 Å². The van der Waals surface area contributed by atoms with Crippen molar-refractivity contribution in [2.24, 2.45) is 10.9 Å². The molecule has 0 bridgehead atoms. The van der Waals surface area contributed by atoms with Crippen LogP contribution >= 0.6 is 0 Å². The number of aromatic nitrogens is 1. The van der Waals surface area contributed by atoms with Crippen molar-refractivity contribution < 1.29 is 9.94 Å². The van der Waals surface area contributed by atoms with Crippen LogP contribution in [0.25, 0.3) is 0 Å². The van der Waals surface area contributed by atoms with Crippen LogP contribution < -0.4 is 5.73 Å². The first-order valence-corrected chi connectivity index (χ1v) is 6.43. The van der Waals surface area contributed by atoms with Crippen molar-refractivity contribution in [2.75, 3.05) is 26.2 Å². The standard InChI is InChI=1S/C13H22N4O2/c1-3-17(4-2)9-12(18)10-19-16-13(14)11-6-5-7-15-8-11/h5-8,12,18H,3-4,9-10H2,1-2H3,(H2,14,16). The van der Waals surface area contributed by atoms with Gasteiger partial charge in [-0.2, -0.15) is 0 Å². The third-order valence-corrected chi connectivity index (χ3v) is 2.75. The molecule has 0 saturated heterocycles. The fourth-order valence-electron chi connectivity index (χ4n) is 1.59. The molecule has 3 N–H and O–H groups in total. The van der Waals surface area contributed by atoms with Gasteiger partial charge in [0.25, 0.3) is 0 Å². The zero-order valence-corrected chi connectivity index (χ0v) is 11.5. The molecule has 1 aromatic heterocycles. The predicted octanol–water partition coefficient (Wildman–Crippen LogP) is 0.421. The summed E-state index contributed by atoms with van der Waals surface area (Å²) in [7, 11) is 0. The summed E-state index contributed by atoms with van der Waals surface area (Å²) in [6, 6.07) is 3.56. The minimum Gasteiger partial charge on any atom is -0.391 e. The van der Waals surface area contributed by atoms with Crippen LogP contribution in [-0.2, 0) is 4.84 Å². The summed E-state index contributed by atoms with van der Waals surface area (Å²) in [6.07, 6.45) is 2.69. The summed E-state index contributed by atoms with van der Waals surface area (Å²) in [5.41, 5.74) is 6.42. The molecule has 0 saturated carbocycles. The second-order valence-electron chi connectivity index (χ2n) is 4.15. The number of hydrogen-bond acceptors (Lipinski definition) is 5. The third kappa shape index (κ3) is 5.67. The number of likely N-dealkylation sites (N-methyl/N-ethyl adjacent to an activating group) is 1. The Labute approximate surface area is 113 Å². The molecule has 19 heavy (non-hydrogen) atoms. The Hall–Kier alpha value is -1.66. The van der Waals surface area contributed by atoms with Crippen LogP contribution in [0.2, 0.25) is 0 Å². The van der Waals surface area contributed by atoms with Gasteiger partial charge < -0.3 is 20.6 Å². The van der Waals surface area contributed by atoms with Gasteiger partial charge in [0.15, 0.2) is 5.84 Å². The zero-order chi connectivity index (χ0) is 14.1. The van der Waals surface area contributed by atoms with E-state index in [2.05, 4.69) is 28.9 Å². The molecule has 0 amide bonds. The Balaban J connectivity index is 2.36. The van der Waals surface area contributed by atoms with Crippen LogP contribution in [0.4, 0.5) is 0 Å². The molecule has 0 aliphatic heterocycles. The van der Waals surface area contributed by atoms with Crippen molar-refractivity contribution in [1.29, 1.82) is 0 Å². The van der Waals surface area contributed by atoms with Crippen LogP contribution in [0.1, 0.15) is 19.4 Å². The number of aliphatic hydroxyl groups is 1. The molecular formula is C13H22N4O2. The van der Waals surface area contributed by atoms with Crippen LogP contribution in [0.5, 0.6) is 0 Å². The van der Waals surface area contributed by atoms with E-state index >= 15 is 0 Å². The average molecular weight is 266 g/mol. The molecule has 0 aliphatic carbocycles. The average Bonchev–Trinajstić information content (AvgIpc) is 2.45. The molecule has 6 heteroatoms. The number of hydrogen-bond donors (Lipinski definition) is 2. The first kappa shape index (κ1) is 15.4. The smallest absolute Gasteiger partial charge is 0.171 e. The topological polar surface area (TPSA) is 84.0 Å². The summed E-state index contributed by atoms with van der Waals surface area (Å²) < 4.78 is 0. The van der Waals surface area contributed by atoms with E-state index in [1.807, 2.05) is 0 Å². The quantitative estimate of drug-likeness (QED) is 0.405. The predicted molar refractivity (Wildman–Crippen MR) is 74.7 cm³/mol. The van der Waals surface area contributed by atoms with E-state index in [-0.39, 0.29) is 12.4 Å². The number of nitrogens with zero attached hydrogens (tertiary/aromatic N) is 3. The number of rotatable bonds is 8. The first-order valence-electron chi connectivity index (χ1n) is 6.43. The van der Waals surface area contributed by atoms with Crippen molar-refractivity contribution in [3.05, 3.63) is 30.1 Å². The Morgan fingerprint density at radius 3 is 2.84 bits per heavy atom.